The van der Waals surface area contributed by atoms with Gasteiger partial charge in [0, 0.05) is 25.5 Å². The van der Waals surface area contributed by atoms with Crippen LogP contribution in [0.25, 0.3) is 10.8 Å². The lowest BCUT2D eigenvalue weighted by Crippen LogP contribution is -2.57. The topological polar surface area (TPSA) is 163 Å². The Morgan fingerprint density at radius 3 is 2.28 bits per heavy atom. The van der Waals surface area contributed by atoms with Gasteiger partial charge in [0.05, 0.1) is 37.1 Å². The predicted molar refractivity (Wildman–Crippen MR) is 187 cm³/mol. The van der Waals surface area contributed by atoms with Crippen molar-refractivity contribution in [2.75, 3.05) is 30.5 Å². The summed E-state index contributed by atoms with van der Waals surface area (Å²) in [6.45, 7) is 7.73. The third-order valence-corrected chi connectivity index (χ3v) is 8.47. The van der Waals surface area contributed by atoms with E-state index >= 15 is 0 Å². The highest BCUT2D eigenvalue weighted by Gasteiger charge is 2.39. The molecule has 3 aromatic carbocycles. The van der Waals surface area contributed by atoms with Crippen LogP contribution in [0.15, 0.2) is 54.6 Å². The maximum absolute atomic E-state index is 14.6. The Morgan fingerprint density at radius 2 is 1.66 bits per heavy atom. The Labute approximate surface area is 291 Å². The maximum atomic E-state index is 14.6. The van der Waals surface area contributed by atoms with E-state index in [0.717, 1.165) is 4.90 Å². The van der Waals surface area contributed by atoms with Gasteiger partial charge in [-0.25, -0.2) is 9.59 Å². The van der Waals surface area contributed by atoms with E-state index in [4.69, 9.17) is 9.47 Å². The van der Waals surface area contributed by atoms with Gasteiger partial charge in [0.2, 0.25) is 11.8 Å². The van der Waals surface area contributed by atoms with Crippen molar-refractivity contribution in [3.63, 3.8) is 0 Å². The zero-order chi connectivity index (χ0) is 36.9. The number of hydrogen-bond acceptors (Lipinski definition) is 8. The van der Waals surface area contributed by atoms with Crippen molar-refractivity contribution >= 4 is 57.7 Å². The first-order chi connectivity index (χ1) is 23.5. The van der Waals surface area contributed by atoms with Gasteiger partial charge in [-0.1, -0.05) is 24.3 Å². The van der Waals surface area contributed by atoms with E-state index in [1.54, 1.807) is 69.3 Å². The summed E-state index contributed by atoms with van der Waals surface area (Å²) in [5.74, 6) is -2.32. The van der Waals surface area contributed by atoms with Crippen molar-refractivity contribution in [3.8, 4) is 5.75 Å². The van der Waals surface area contributed by atoms with E-state index in [1.807, 2.05) is 0 Å². The molecule has 0 bridgehead atoms. The van der Waals surface area contributed by atoms with Crippen LogP contribution in [0.5, 0.6) is 5.75 Å². The zero-order valence-electron chi connectivity index (χ0n) is 29.4. The Balaban J connectivity index is 1.80. The van der Waals surface area contributed by atoms with Crippen LogP contribution in [0.3, 0.4) is 0 Å². The zero-order valence-corrected chi connectivity index (χ0v) is 29.4. The van der Waals surface area contributed by atoms with Crippen LogP contribution in [0.1, 0.15) is 69.8 Å². The first-order valence-corrected chi connectivity index (χ1v) is 16.3. The molecule has 13 heteroatoms. The molecule has 13 nitrogen and oxygen atoms in total. The quantitative estimate of drug-likeness (QED) is 0.285. The van der Waals surface area contributed by atoms with Crippen LogP contribution >= 0.6 is 0 Å². The number of ketones is 1. The third-order valence-electron chi connectivity index (χ3n) is 8.47. The van der Waals surface area contributed by atoms with Crippen molar-refractivity contribution in [2.45, 2.75) is 78.1 Å². The van der Waals surface area contributed by atoms with Gasteiger partial charge >= 0.3 is 12.1 Å². The van der Waals surface area contributed by atoms with E-state index in [2.05, 4.69) is 5.32 Å². The van der Waals surface area contributed by atoms with Crippen LogP contribution in [-0.2, 0) is 30.5 Å². The highest BCUT2D eigenvalue weighted by atomic mass is 16.6. The van der Waals surface area contributed by atoms with Crippen molar-refractivity contribution in [1.29, 1.82) is 0 Å². The van der Waals surface area contributed by atoms with Gasteiger partial charge in [0.25, 0.3) is 5.91 Å². The SMILES string of the molecule is COc1ccc2c(C(=O)O)cccc2c1CN1C(=O)C(NC(=O)C(C)N(C)C(=O)OC(C)(C)C)CN(C(=O)CCCC(C)=O)c2ccccc21. The number of amides is 4. The normalized spacial score (nSPS) is 15.1. The minimum Gasteiger partial charge on any atom is -0.496 e. The summed E-state index contributed by atoms with van der Waals surface area (Å²) in [5, 5.41) is 13.6. The van der Waals surface area contributed by atoms with E-state index in [0.29, 0.717) is 39.9 Å². The Morgan fingerprint density at radius 1 is 0.980 bits per heavy atom. The minimum atomic E-state index is -1.27. The number of nitrogens with one attached hydrogen (secondary N) is 1. The van der Waals surface area contributed by atoms with Crippen LogP contribution in [0.4, 0.5) is 16.2 Å². The number of carbonyl (C=O) groups is 6. The fourth-order valence-electron chi connectivity index (χ4n) is 5.78. The summed E-state index contributed by atoms with van der Waals surface area (Å²) in [5.41, 5.74) is 0.573. The molecule has 3 aromatic rings. The molecular formula is C37H44N4O9. The molecule has 0 fully saturated rings. The number of ether oxygens (including phenoxy) is 2. The number of nitrogens with zero attached hydrogens (tertiary/aromatic N) is 3. The summed E-state index contributed by atoms with van der Waals surface area (Å²) in [7, 11) is 2.88. The second-order valence-corrected chi connectivity index (χ2v) is 13.3. The van der Waals surface area contributed by atoms with Gasteiger partial charge in [-0.15, -0.1) is 0 Å². The molecule has 2 atom stereocenters. The Kier molecular flexibility index (Phi) is 11.5. The largest absolute Gasteiger partial charge is 0.496 e. The number of hydrogen-bond donors (Lipinski definition) is 2. The van der Waals surface area contributed by atoms with Crippen LogP contribution in [0, 0.1) is 0 Å². The summed E-state index contributed by atoms with van der Waals surface area (Å²) < 4.78 is 11.1. The summed E-state index contributed by atoms with van der Waals surface area (Å²) >= 11 is 0. The lowest BCUT2D eigenvalue weighted by molar-refractivity contribution is -0.130. The number of carboxylic acid groups (broad SMARTS) is 1. The first kappa shape index (κ1) is 37.4. The van der Waals surface area contributed by atoms with Gasteiger partial charge in [0.1, 0.15) is 29.2 Å². The first-order valence-electron chi connectivity index (χ1n) is 16.3. The lowest BCUT2D eigenvalue weighted by Gasteiger charge is -2.30. The van der Waals surface area contributed by atoms with Gasteiger partial charge in [0.15, 0.2) is 0 Å². The molecule has 2 N–H and O–H groups in total. The average Bonchev–Trinajstić information content (AvgIpc) is 3.17. The molecule has 0 spiro atoms. The molecule has 0 saturated heterocycles. The lowest BCUT2D eigenvalue weighted by atomic mass is 9.98. The molecule has 0 aromatic heterocycles. The molecule has 1 aliphatic heterocycles. The van der Waals surface area contributed by atoms with E-state index < -0.39 is 41.6 Å². The maximum Gasteiger partial charge on any atom is 0.410 e. The molecule has 4 rings (SSSR count). The number of rotatable bonds is 11. The van der Waals surface area contributed by atoms with Crippen LogP contribution in [-0.4, -0.2) is 84.0 Å². The molecule has 2 unspecified atom stereocenters. The van der Waals surface area contributed by atoms with Crippen molar-refractivity contribution in [2.24, 2.45) is 0 Å². The number of carboxylic acids is 1. The van der Waals surface area contributed by atoms with Crippen LogP contribution < -0.4 is 19.9 Å². The van der Waals surface area contributed by atoms with Crippen molar-refractivity contribution in [1.82, 2.24) is 10.2 Å². The number of likely N-dealkylation sites (N-methyl/N-ethyl adjacent to an activating group) is 1. The summed E-state index contributed by atoms with van der Waals surface area (Å²) in [4.78, 5) is 82.5. The molecule has 0 radical (unpaired) electrons. The molecule has 1 aliphatic rings. The Bertz CT molecular complexity index is 1820. The third kappa shape index (κ3) is 8.39. The molecule has 50 heavy (non-hydrogen) atoms. The highest BCUT2D eigenvalue weighted by Crippen LogP contribution is 2.38. The average molecular weight is 689 g/mol. The number of para-hydroxylation sites is 2. The molecule has 266 valence electrons. The fourth-order valence-corrected chi connectivity index (χ4v) is 5.78. The number of carbonyl (C=O) groups excluding carboxylic acids is 5. The number of benzene rings is 3. The number of anilines is 2. The van der Waals surface area contributed by atoms with Gasteiger partial charge in [-0.3, -0.25) is 19.3 Å². The molecular weight excluding hydrogens is 644 g/mol. The number of Topliss-reactive ketones (excluding diaryl/α,β-unsaturated/α-hetero) is 1. The predicted octanol–water partition coefficient (Wildman–Crippen LogP) is 4.93. The molecule has 1 heterocycles. The standard InChI is InChI=1S/C37H44N4O9/c1-22(42)12-10-17-32(43)40-21-28(38-33(44)23(2)39(6)36(48)50-37(3,4)5)34(45)41(30-16-9-8-15-29(30)40)20-27-24-13-11-14-26(35(46)47)25(24)18-19-31(27)49-7/h8-9,11,13-16,18-19,23,28H,10,12,17,20-21H2,1-7H3,(H,38,44)(H,46,47). The second-order valence-electron chi connectivity index (χ2n) is 13.3. The smallest absolute Gasteiger partial charge is 0.410 e. The van der Waals surface area contributed by atoms with Crippen LogP contribution in [0.2, 0.25) is 0 Å². The molecule has 0 saturated carbocycles. The highest BCUT2D eigenvalue weighted by molar-refractivity contribution is 6.09. The fraction of sp³-hybridized carbons (Fsp3) is 0.405. The van der Waals surface area contributed by atoms with Gasteiger partial charge < -0.3 is 34.5 Å². The van der Waals surface area contributed by atoms with Gasteiger partial charge in [-0.2, -0.15) is 0 Å². The van der Waals surface area contributed by atoms with Gasteiger partial charge in [-0.05, 0) is 82.1 Å². The Hall–Kier alpha value is -5.46. The monoisotopic (exact) mass is 688 g/mol. The van der Waals surface area contributed by atoms with E-state index in [1.165, 1.54) is 43.9 Å². The van der Waals surface area contributed by atoms with E-state index in [9.17, 15) is 33.9 Å². The summed E-state index contributed by atoms with van der Waals surface area (Å²) in [6.07, 6.45) is -0.193. The number of methoxy groups -OCH3 is 1. The molecule has 4 amide bonds. The van der Waals surface area contributed by atoms with Crippen molar-refractivity contribution in [3.05, 3.63) is 65.7 Å². The molecule has 0 aliphatic carbocycles. The number of fused-ring (bicyclic) bond motifs is 2. The van der Waals surface area contributed by atoms with E-state index in [-0.39, 0.29) is 43.2 Å². The second kappa shape index (κ2) is 15.4. The minimum absolute atomic E-state index is 0.0235. The number of aromatic carboxylic acids is 1. The van der Waals surface area contributed by atoms with Crippen molar-refractivity contribution < 1.29 is 43.3 Å². The summed E-state index contributed by atoms with van der Waals surface area (Å²) in [6, 6.07) is 12.6.